The minimum Gasteiger partial charge on any atom is -0.493 e. The molecule has 2 atom stereocenters. The zero-order valence-electron chi connectivity index (χ0n) is 22.2. The van der Waals surface area contributed by atoms with Crippen LogP contribution >= 0.6 is 0 Å². The first-order chi connectivity index (χ1) is 16.8. The van der Waals surface area contributed by atoms with Crippen LogP contribution in [-0.2, 0) is 17.6 Å². The Hall–Kier alpha value is -3.35. The molecule has 0 saturated carbocycles. The lowest BCUT2D eigenvalue weighted by Gasteiger charge is -2.30. The summed E-state index contributed by atoms with van der Waals surface area (Å²) in [5.74, 6) is 2.94. The first-order valence-electron chi connectivity index (χ1n) is 11.7. The van der Waals surface area contributed by atoms with Crippen molar-refractivity contribution in [2.45, 2.75) is 40.5 Å². The second-order valence-electron chi connectivity index (χ2n) is 8.88. The highest BCUT2D eigenvalue weighted by atomic mass is 16.6. The summed E-state index contributed by atoms with van der Waals surface area (Å²) in [4.78, 5) is 13.0. The number of hydrogen-bond acceptors (Lipinski definition) is 7. The predicted octanol–water partition coefficient (Wildman–Crippen LogP) is 5.64. The van der Waals surface area contributed by atoms with Gasteiger partial charge in [-0.15, -0.1) is 0 Å². The molecule has 1 aliphatic rings. The van der Waals surface area contributed by atoms with Crippen LogP contribution in [0.2, 0.25) is 0 Å². The van der Waals surface area contributed by atoms with E-state index in [2.05, 4.69) is 13.8 Å². The number of hydrogen-bond donors (Lipinski definition) is 0. The summed E-state index contributed by atoms with van der Waals surface area (Å²) in [7, 11) is 7.88. The Morgan fingerprint density at radius 1 is 0.743 bits per heavy atom. The Kier molecular flexibility index (Phi) is 8.20. The van der Waals surface area contributed by atoms with Crippen LogP contribution in [0, 0.1) is 11.8 Å². The number of allylic oxidation sites excluding steroid dienone is 1. The van der Waals surface area contributed by atoms with Crippen LogP contribution < -0.4 is 28.4 Å². The van der Waals surface area contributed by atoms with E-state index < -0.39 is 5.97 Å². The Morgan fingerprint density at radius 2 is 1.17 bits per heavy atom. The largest absolute Gasteiger partial charge is 0.493 e. The molecule has 0 amide bonds. The molecule has 0 N–H and O–H groups in total. The van der Waals surface area contributed by atoms with Gasteiger partial charge in [0.2, 0.25) is 11.5 Å². The van der Waals surface area contributed by atoms with Crippen molar-refractivity contribution in [1.29, 1.82) is 0 Å². The van der Waals surface area contributed by atoms with Gasteiger partial charge in [-0.1, -0.05) is 19.9 Å². The maximum Gasteiger partial charge on any atom is 0.338 e. The fourth-order valence-corrected chi connectivity index (χ4v) is 4.57. The lowest BCUT2D eigenvalue weighted by molar-refractivity contribution is -0.130. The van der Waals surface area contributed by atoms with Gasteiger partial charge in [-0.2, -0.15) is 0 Å². The first kappa shape index (κ1) is 26.3. The Labute approximate surface area is 207 Å². The average molecular weight is 485 g/mol. The number of carbonyl (C=O) groups is 1. The van der Waals surface area contributed by atoms with Crippen LogP contribution in [0.15, 0.2) is 23.8 Å². The van der Waals surface area contributed by atoms with Gasteiger partial charge in [-0.25, -0.2) is 4.79 Å². The minimum atomic E-state index is -0.467. The smallest absolute Gasteiger partial charge is 0.338 e. The first-order valence-corrected chi connectivity index (χ1v) is 11.7. The molecule has 7 nitrogen and oxygen atoms in total. The number of methoxy groups -OCH3 is 5. The highest BCUT2D eigenvalue weighted by molar-refractivity contribution is 5.94. The van der Waals surface area contributed by atoms with Crippen LogP contribution in [0.25, 0.3) is 11.1 Å². The van der Waals surface area contributed by atoms with E-state index >= 15 is 0 Å². The molecule has 0 bridgehead atoms. The third kappa shape index (κ3) is 4.77. The third-order valence-corrected chi connectivity index (χ3v) is 6.87. The molecule has 0 aliphatic heterocycles. The average Bonchev–Trinajstić information content (AvgIpc) is 2.86. The topological polar surface area (TPSA) is 72.5 Å². The number of fused-ring (bicyclic) bond motifs is 3. The molecule has 3 rings (SSSR count). The fourth-order valence-electron chi connectivity index (χ4n) is 4.57. The van der Waals surface area contributed by atoms with Crippen LogP contribution in [0.4, 0.5) is 0 Å². The van der Waals surface area contributed by atoms with E-state index in [0.29, 0.717) is 51.9 Å². The molecule has 0 radical (unpaired) electrons. The molecule has 7 heteroatoms. The summed E-state index contributed by atoms with van der Waals surface area (Å²) >= 11 is 0. The van der Waals surface area contributed by atoms with E-state index in [1.807, 2.05) is 12.1 Å². The van der Waals surface area contributed by atoms with Gasteiger partial charge in [0.05, 0.1) is 35.5 Å². The van der Waals surface area contributed by atoms with Crippen molar-refractivity contribution < 1.29 is 33.2 Å². The van der Waals surface area contributed by atoms with Gasteiger partial charge >= 0.3 is 5.97 Å². The van der Waals surface area contributed by atoms with Crippen molar-refractivity contribution in [2.75, 3.05) is 35.5 Å². The molecular formula is C28H36O7. The zero-order chi connectivity index (χ0) is 25.9. The van der Waals surface area contributed by atoms with Gasteiger partial charge in [0.25, 0.3) is 0 Å². The third-order valence-electron chi connectivity index (χ3n) is 6.87. The maximum absolute atomic E-state index is 13.0. The number of carbonyl (C=O) groups excluding carboxylic acids is 1. The van der Waals surface area contributed by atoms with Crippen molar-refractivity contribution >= 4 is 5.97 Å². The molecule has 0 fully saturated rings. The highest BCUT2D eigenvalue weighted by Gasteiger charge is 2.34. The van der Waals surface area contributed by atoms with Crippen LogP contribution in [0.1, 0.15) is 38.8 Å². The SMILES string of the molecule is C/C=C(\C)C(=O)Oc1c(OC)c(OC)cc2c1-c1c(cc(OC)c(OC)c1OC)C[C@H](C)[C@@H](C)C2. The molecule has 2 aromatic rings. The lowest BCUT2D eigenvalue weighted by atomic mass is 9.77. The second-order valence-corrected chi connectivity index (χ2v) is 8.88. The van der Waals surface area contributed by atoms with Crippen LogP contribution in [-0.4, -0.2) is 41.5 Å². The number of benzene rings is 2. The van der Waals surface area contributed by atoms with Crippen molar-refractivity contribution in [3.05, 3.63) is 34.9 Å². The summed E-state index contributed by atoms with van der Waals surface area (Å²) in [6.45, 7) is 7.97. The monoisotopic (exact) mass is 484 g/mol. The molecule has 0 heterocycles. The predicted molar refractivity (Wildman–Crippen MR) is 135 cm³/mol. The standard InChI is InChI=1S/C28H36O7/c1-10-15(2)28(29)35-27-23-19(14-21(31-6)25(27)33-8)12-17(4)16(3)11-18-13-20(30-5)24(32-7)26(34-9)22(18)23/h10,13-14,16-17H,11-12H2,1-9H3/b15-10+/t16-,17-/m0/s1. The summed E-state index contributed by atoms with van der Waals surface area (Å²) in [5.41, 5.74) is 3.98. The van der Waals surface area contributed by atoms with Gasteiger partial charge < -0.3 is 28.4 Å². The molecule has 0 aromatic heterocycles. The van der Waals surface area contributed by atoms with E-state index in [0.717, 1.165) is 35.1 Å². The van der Waals surface area contributed by atoms with E-state index in [1.54, 1.807) is 48.4 Å². The lowest BCUT2D eigenvalue weighted by Crippen LogP contribution is -2.19. The molecule has 2 aromatic carbocycles. The summed E-state index contributed by atoms with van der Waals surface area (Å²) in [6.07, 6.45) is 3.24. The minimum absolute atomic E-state index is 0.293. The Bertz CT molecular complexity index is 1130. The van der Waals surface area contributed by atoms with Crippen molar-refractivity contribution in [1.82, 2.24) is 0 Å². The fraction of sp³-hybridized carbons (Fsp3) is 0.464. The van der Waals surface area contributed by atoms with Gasteiger partial charge in [0.15, 0.2) is 23.0 Å². The summed E-state index contributed by atoms with van der Waals surface area (Å²) in [5, 5.41) is 0. The molecule has 1 aliphatic carbocycles. The zero-order valence-corrected chi connectivity index (χ0v) is 22.2. The van der Waals surface area contributed by atoms with E-state index in [1.165, 1.54) is 7.11 Å². The van der Waals surface area contributed by atoms with Gasteiger partial charge in [0.1, 0.15) is 0 Å². The summed E-state index contributed by atoms with van der Waals surface area (Å²) < 4.78 is 34.7. The summed E-state index contributed by atoms with van der Waals surface area (Å²) in [6, 6.07) is 3.94. The molecule has 0 spiro atoms. The van der Waals surface area contributed by atoms with Crippen molar-refractivity contribution in [3.8, 4) is 45.6 Å². The Balaban J connectivity index is 2.53. The van der Waals surface area contributed by atoms with Crippen molar-refractivity contribution in [2.24, 2.45) is 11.8 Å². The second kappa shape index (κ2) is 10.9. The van der Waals surface area contributed by atoms with E-state index in [-0.39, 0.29) is 0 Å². The molecular weight excluding hydrogens is 448 g/mol. The highest BCUT2D eigenvalue weighted by Crippen LogP contribution is 2.56. The quantitative estimate of drug-likeness (QED) is 0.286. The maximum atomic E-state index is 13.0. The number of rotatable bonds is 7. The molecule has 0 saturated heterocycles. The molecule has 190 valence electrons. The van der Waals surface area contributed by atoms with Gasteiger partial charge in [0, 0.05) is 16.7 Å². The number of ether oxygens (including phenoxy) is 6. The molecule has 35 heavy (non-hydrogen) atoms. The van der Waals surface area contributed by atoms with E-state index in [4.69, 9.17) is 28.4 Å². The van der Waals surface area contributed by atoms with Crippen LogP contribution in [0.5, 0.6) is 34.5 Å². The Morgan fingerprint density at radius 3 is 1.57 bits per heavy atom. The van der Waals surface area contributed by atoms with Gasteiger partial charge in [-0.05, 0) is 61.8 Å². The normalized spacial score (nSPS) is 17.3. The van der Waals surface area contributed by atoms with E-state index in [9.17, 15) is 4.79 Å². The van der Waals surface area contributed by atoms with Gasteiger partial charge in [-0.3, -0.25) is 0 Å². The number of esters is 1. The molecule has 0 unspecified atom stereocenters. The van der Waals surface area contributed by atoms with Crippen LogP contribution in [0.3, 0.4) is 0 Å². The van der Waals surface area contributed by atoms with Crippen molar-refractivity contribution in [3.63, 3.8) is 0 Å².